The Labute approximate surface area is 153 Å². The van der Waals surface area contributed by atoms with Crippen molar-refractivity contribution in [2.24, 2.45) is 0 Å². The second-order valence-corrected chi connectivity index (χ2v) is 6.10. The number of anilines is 1. The number of rotatable bonds is 5. The molecule has 0 aliphatic carbocycles. The summed E-state index contributed by atoms with van der Waals surface area (Å²) in [6.45, 7) is 3.27. The number of ether oxygens (including phenoxy) is 3. The quantitative estimate of drug-likeness (QED) is 0.791. The zero-order valence-electron chi connectivity index (χ0n) is 14.4. The molecule has 0 radical (unpaired) electrons. The van der Waals surface area contributed by atoms with Gasteiger partial charge in [-0.2, -0.15) is 0 Å². The summed E-state index contributed by atoms with van der Waals surface area (Å²) >= 11 is 5.46. The summed E-state index contributed by atoms with van der Waals surface area (Å²) in [5.74, 6) is 2.34. The van der Waals surface area contributed by atoms with E-state index in [0.29, 0.717) is 18.3 Å². The van der Waals surface area contributed by atoms with Crippen molar-refractivity contribution in [2.75, 3.05) is 25.6 Å². The number of fused-ring (bicyclic) bond motifs is 1. The molecule has 2 aromatic rings. The SMILES string of the molecule is CC[C@@H](NC(=S)Nc1ccc2c(c1)OCCO2)c1ccc(OC)cc1. The van der Waals surface area contributed by atoms with Crippen LogP contribution in [0, 0.1) is 0 Å². The lowest BCUT2D eigenvalue weighted by molar-refractivity contribution is 0.171. The Morgan fingerprint density at radius 1 is 1.12 bits per heavy atom. The summed E-state index contributed by atoms with van der Waals surface area (Å²) in [5, 5.41) is 7.13. The molecular formula is C19H22N2O3S. The van der Waals surface area contributed by atoms with Gasteiger partial charge in [-0.25, -0.2) is 0 Å². The summed E-state index contributed by atoms with van der Waals surface area (Å²) in [6.07, 6.45) is 0.912. The van der Waals surface area contributed by atoms with E-state index in [4.69, 9.17) is 26.4 Å². The molecule has 132 valence electrons. The molecular weight excluding hydrogens is 336 g/mol. The highest BCUT2D eigenvalue weighted by Gasteiger charge is 2.14. The molecule has 1 heterocycles. The molecule has 1 aliphatic rings. The molecule has 1 aliphatic heterocycles. The van der Waals surface area contributed by atoms with Crippen LogP contribution in [-0.4, -0.2) is 25.4 Å². The highest BCUT2D eigenvalue weighted by atomic mass is 32.1. The minimum atomic E-state index is 0.128. The monoisotopic (exact) mass is 358 g/mol. The molecule has 3 rings (SSSR count). The van der Waals surface area contributed by atoms with Gasteiger partial charge < -0.3 is 24.8 Å². The van der Waals surface area contributed by atoms with Crippen LogP contribution in [0.1, 0.15) is 24.9 Å². The minimum Gasteiger partial charge on any atom is -0.497 e. The van der Waals surface area contributed by atoms with Gasteiger partial charge in [0.2, 0.25) is 0 Å². The molecule has 0 spiro atoms. The smallest absolute Gasteiger partial charge is 0.171 e. The van der Waals surface area contributed by atoms with Crippen LogP contribution >= 0.6 is 12.2 Å². The zero-order chi connectivity index (χ0) is 17.6. The highest BCUT2D eigenvalue weighted by Crippen LogP contribution is 2.32. The van der Waals surface area contributed by atoms with Crippen molar-refractivity contribution in [1.29, 1.82) is 0 Å². The van der Waals surface area contributed by atoms with Gasteiger partial charge in [-0.05, 0) is 48.5 Å². The lowest BCUT2D eigenvalue weighted by atomic mass is 10.0. The van der Waals surface area contributed by atoms with Gasteiger partial charge in [0, 0.05) is 11.8 Å². The molecule has 0 saturated carbocycles. The van der Waals surface area contributed by atoms with Crippen molar-refractivity contribution in [3.05, 3.63) is 48.0 Å². The molecule has 0 unspecified atom stereocenters. The summed E-state index contributed by atoms with van der Waals surface area (Å²) in [5.41, 5.74) is 2.03. The Bertz CT molecular complexity index is 734. The number of thiocarbonyl (C=S) groups is 1. The van der Waals surface area contributed by atoms with E-state index in [1.165, 1.54) is 0 Å². The van der Waals surface area contributed by atoms with E-state index in [9.17, 15) is 0 Å². The predicted molar refractivity (Wildman–Crippen MR) is 103 cm³/mol. The minimum absolute atomic E-state index is 0.128. The molecule has 2 aromatic carbocycles. The topological polar surface area (TPSA) is 51.8 Å². The first-order valence-corrected chi connectivity index (χ1v) is 8.71. The van der Waals surface area contributed by atoms with Gasteiger partial charge in [-0.15, -0.1) is 0 Å². The van der Waals surface area contributed by atoms with E-state index in [1.54, 1.807) is 7.11 Å². The maximum Gasteiger partial charge on any atom is 0.171 e. The van der Waals surface area contributed by atoms with Crippen molar-refractivity contribution in [3.63, 3.8) is 0 Å². The summed E-state index contributed by atoms with van der Waals surface area (Å²) in [4.78, 5) is 0. The molecule has 0 saturated heterocycles. The number of methoxy groups -OCH3 is 1. The Balaban J connectivity index is 1.64. The molecule has 2 N–H and O–H groups in total. The van der Waals surface area contributed by atoms with Gasteiger partial charge >= 0.3 is 0 Å². The van der Waals surface area contributed by atoms with Crippen LogP contribution in [0.5, 0.6) is 17.2 Å². The molecule has 0 aromatic heterocycles. The summed E-state index contributed by atoms with van der Waals surface area (Å²) < 4.78 is 16.3. The van der Waals surface area contributed by atoms with Gasteiger partial charge in [-0.3, -0.25) is 0 Å². The Morgan fingerprint density at radius 3 is 2.52 bits per heavy atom. The van der Waals surface area contributed by atoms with Crippen molar-refractivity contribution >= 4 is 23.0 Å². The van der Waals surface area contributed by atoms with Gasteiger partial charge in [0.25, 0.3) is 0 Å². The maximum absolute atomic E-state index is 5.60. The largest absolute Gasteiger partial charge is 0.497 e. The van der Waals surface area contributed by atoms with Crippen LogP contribution in [0.2, 0.25) is 0 Å². The van der Waals surface area contributed by atoms with E-state index in [1.807, 2.05) is 42.5 Å². The standard InChI is InChI=1S/C19H22N2O3S/c1-3-16(13-4-7-15(22-2)8-5-13)21-19(25)20-14-6-9-17-18(12-14)24-11-10-23-17/h4-9,12,16H,3,10-11H2,1-2H3,(H2,20,21,25)/t16-/m1/s1. The first-order valence-electron chi connectivity index (χ1n) is 8.30. The second kappa shape index (κ2) is 8.07. The third kappa shape index (κ3) is 4.33. The van der Waals surface area contributed by atoms with Crippen LogP contribution in [0.25, 0.3) is 0 Å². The van der Waals surface area contributed by atoms with Crippen LogP contribution in [0.3, 0.4) is 0 Å². The maximum atomic E-state index is 5.60. The zero-order valence-corrected chi connectivity index (χ0v) is 15.2. The van der Waals surface area contributed by atoms with E-state index < -0.39 is 0 Å². The van der Waals surface area contributed by atoms with Crippen LogP contribution in [0.4, 0.5) is 5.69 Å². The third-order valence-corrected chi connectivity index (χ3v) is 4.25. The predicted octanol–water partition coefficient (Wildman–Crippen LogP) is 3.90. The normalized spacial score (nSPS) is 13.7. The van der Waals surface area contributed by atoms with Gasteiger partial charge in [0.05, 0.1) is 13.2 Å². The van der Waals surface area contributed by atoms with E-state index >= 15 is 0 Å². The fourth-order valence-corrected chi connectivity index (χ4v) is 2.96. The van der Waals surface area contributed by atoms with Gasteiger partial charge in [0.1, 0.15) is 19.0 Å². The first-order chi connectivity index (χ1) is 12.2. The lowest BCUT2D eigenvalue weighted by Gasteiger charge is -2.22. The fourth-order valence-electron chi connectivity index (χ4n) is 2.70. The molecule has 1 atom stereocenters. The molecule has 0 amide bonds. The molecule has 25 heavy (non-hydrogen) atoms. The number of nitrogens with one attached hydrogen (secondary N) is 2. The molecule has 0 fully saturated rings. The van der Waals surface area contributed by atoms with E-state index in [-0.39, 0.29) is 6.04 Å². The van der Waals surface area contributed by atoms with Crippen molar-refractivity contribution in [1.82, 2.24) is 5.32 Å². The van der Waals surface area contributed by atoms with Gasteiger partial charge in [-0.1, -0.05) is 19.1 Å². The van der Waals surface area contributed by atoms with Crippen LogP contribution in [0.15, 0.2) is 42.5 Å². The number of hydrogen-bond acceptors (Lipinski definition) is 4. The number of benzene rings is 2. The van der Waals surface area contributed by atoms with Crippen molar-refractivity contribution in [3.8, 4) is 17.2 Å². The molecule has 0 bridgehead atoms. The van der Waals surface area contributed by atoms with Crippen LogP contribution in [-0.2, 0) is 0 Å². The second-order valence-electron chi connectivity index (χ2n) is 5.69. The number of hydrogen-bond donors (Lipinski definition) is 2. The average molecular weight is 358 g/mol. The van der Waals surface area contributed by atoms with E-state index in [2.05, 4.69) is 17.6 Å². The Morgan fingerprint density at radius 2 is 1.84 bits per heavy atom. The first kappa shape index (κ1) is 17.4. The summed E-state index contributed by atoms with van der Waals surface area (Å²) in [7, 11) is 1.66. The van der Waals surface area contributed by atoms with E-state index in [0.717, 1.165) is 34.9 Å². The summed E-state index contributed by atoms with van der Waals surface area (Å²) in [6, 6.07) is 13.9. The average Bonchev–Trinajstić information content (AvgIpc) is 2.66. The van der Waals surface area contributed by atoms with Gasteiger partial charge in [0.15, 0.2) is 16.6 Å². The Hall–Kier alpha value is -2.47. The van der Waals surface area contributed by atoms with Crippen molar-refractivity contribution in [2.45, 2.75) is 19.4 Å². The Kier molecular flexibility index (Phi) is 5.60. The highest BCUT2D eigenvalue weighted by molar-refractivity contribution is 7.80. The molecule has 5 nitrogen and oxygen atoms in total. The van der Waals surface area contributed by atoms with Crippen LogP contribution < -0.4 is 24.8 Å². The third-order valence-electron chi connectivity index (χ3n) is 4.03. The molecule has 6 heteroatoms. The fraction of sp³-hybridized carbons (Fsp3) is 0.316. The lowest BCUT2D eigenvalue weighted by Crippen LogP contribution is -2.32. The van der Waals surface area contributed by atoms with Crippen molar-refractivity contribution < 1.29 is 14.2 Å².